The van der Waals surface area contributed by atoms with Gasteiger partial charge in [-0.3, -0.25) is 4.79 Å². The predicted molar refractivity (Wildman–Crippen MR) is 67.0 cm³/mol. The van der Waals surface area contributed by atoms with Crippen LogP contribution >= 0.6 is 0 Å². The fourth-order valence-corrected chi connectivity index (χ4v) is 2.45. The fourth-order valence-electron chi connectivity index (χ4n) is 2.45. The molecule has 0 unspecified atom stereocenters. The van der Waals surface area contributed by atoms with Crippen LogP contribution in [0.5, 0.6) is 0 Å². The molecule has 2 rings (SSSR count). The third kappa shape index (κ3) is 2.31. The van der Waals surface area contributed by atoms with E-state index in [9.17, 15) is 9.18 Å². The Balaban J connectivity index is 2.33. The van der Waals surface area contributed by atoms with E-state index in [-0.39, 0.29) is 11.6 Å². The van der Waals surface area contributed by atoms with E-state index in [1.807, 2.05) is 0 Å². The summed E-state index contributed by atoms with van der Waals surface area (Å²) in [6.07, 6.45) is 1.28. The smallest absolute Gasteiger partial charge is 0.170 e. The zero-order valence-corrected chi connectivity index (χ0v) is 10.5. The molecule has 0 amide bonds. The first kappa shape index (κ1) is 13.2. The lowest BCUT2D eigenvalue weighted by Crippen LogP contribution is -2.43. The van der Waals surface area contributed by atoms with Crippen molar-refractivity contribution in [2.24, 2.45) is 11.1 Å². The van der Waals surface area contributed by atoms with Crippen LogP contribution in [0.25, 0.3) is 0 Å². The van der Waals surface area contributed by atoms with Crippen LogP contribution in [0, 0.1) is 18.2 Å². The monoisotopic (exact) mass is 251 g/mol. The van der Waals surface area contributed by atoms with Crippen LogP contribution in [-0.4, -0.2) is 25.5 Å². The molecule has 1 aliphatic heterocycles. The zero-order valence-electron chi connectivity index (χ0n) is 10.5. The molecule has 0 spiro atoms. The first-order valence-electron chi connectivity index (χ1n) is 6.18. The number of hydrogen-bond acceptors (Lipinski definition) is 3. The highest BCUT2D eigenvalue weighted by Crippen LogP contribution is 2.34. The highest BCUT2D eigenvalue weighted by molar-refractivity contribution is 6.02. The third-order valence-corrected chi connectivity index (χ3v) is 3.76. The molecule has 1 aromatic rings. The number of rotatable bonds is 3. The number of carbonyl (C=O) groups excluding carboxylic acids is 1. The van der Waals surface area contributed by atoms with Crippen LogP contribution < -0.4 is 5.73 Å². The molecule has 4 heteroatoms. The highest BCUT2D eigenvalue weighted by Gasteiger charge is 2.39. The minimum absolute atomic E-state index is 0.0193. The van der Waals surface area contributed by atoms with Crippen LogP contribution in [0.2, 0.25) is 0 Å². The van der Waals surface area contributed by atoms with Crippen molar-refractivity contribution in [1.29, 1.82) is 0 Å². The summed E-state index contributed by atoms with van der Waals surface area (Å²) < 4.78 is 18.4. The van der Waals surface area contributed by atoms with Crippen LogP contribution in [-0.2, 0) is 4.74 Å². The van der Waals surface area contributed by atoms with Crippen molar-refractivity contribution in [3.63, 3.8) is 0 Å². The van der Waals surface area contributed by atoms with Crippen molar-refractivity contribution in [2.45, 2.75) is 19.8 Å². The Bertz CT molecular complexity index is 453. The molecule has 1 aliphatic rings. The Kier molecular flexibility index (Phi) is 3.78. The maximum Gasteiger partial charge on any atom is 0.170 e. The second kappa shape index (κ2) is 5.16. The molecule has 1 heterocycles. The number of carbonyl (C=O) groups is 1. The first-order valence-corrected chi connectivity index (χ1v) is 6.18. The molecule has 2 N–H and O–H groups in total. The lowest BCUT2D eigenvalue weighted by molar-refractivity contribution is 0.0200. The number of hydrogen-bond donors (Lipinski definition) is 1. The Morgan fingerprint density at radius 1 is 1.44 bits per heavy atom. The standard InChI is InChI=1S/C14H18FNO2/c1-10-8-11(15)2-3-12(10)13(17)14(9-16)4-6-18-7-5-14/h2-3,8H,4-7,9,16H2,1H3. The van der Waals surface area contributed by atoms with Gasteiger partial charge in [0.2, 0.25) is 0 Å². The summed E-state index contributed by atoms with van der Waals surface area (Å²) in [5.41, 5.74) is 6.50. The summed E-state index contributed by atoms with van der Waals surface area (Å²) in [6, 6.07) is 4.26. The van der Waals surface area contributed by atoms with Gasteiger partial charge in [-0.2, -0.15) is 0 Å². The van der Waals surface area contributed by atoms with Gasteiger partial charge in [0.25, 0.3) is 0 Å². The molecule has 1 fully saturated rings. The molecule has 0 aromatic heterocycles. The van der Waals surface area contributed by atoms with E-state index in [4.69, 9.17) is 10.5 Å². The van der Waals surface area contributed by atoms with Crippen molar-refractivity contribution < 1.29 is 13.9 Å². The highest BCUT2D eigenvalue weighted by atomic mass is 19.1. The molecule has 18 heavy (non-hydrogen) atoms. The van der Waals surface area contributed by atoms with Gasteiger partial charge in [0.15, 0.2) is 5.78 Å². The molecule has 0 bridgehead atoms. The predicted octanol–water partition coefficient (Wildman–Crippen LogP) is 2.07. The van der Waals surface area contributed by atoms with Gasteiger partial charge in [-0.15, -0.1) is 0 Å². The molecular formula is C14H18FNO2. The average molecular weight is 251 g/mol. The van der Waals surface area contributed by atoms with E-state index in [0.717, 1.165) is 0 Å². The first-order chi connectivity index (χ1) is 8.59. The summed E-state index contributed by atoms with van der Waals surface area (Å²) in [6.45, 7) is 3.18. The van der Waals surface area contributed by atoms with Crippen LogP contribution in [0.15, 0.2) is 18.2 Å². The second-order valence-electron chi connectivity index (χ2n) is 4.89. The van der Waals surface area contributed by atoms with Gasteiger partial charge in [-0.25, -0.2) is 4.39 Å². The normalized spacial score (nSPS) is 18.6. The van der Waals surface area contributed by atoms with Gasteiger partial charge < -0.3 is 10.5 Å². The molecule has 0 atom stereocenters. The number of benzene rings is 1. The van der Waals surface area contributed by atoms with Gasteiger partial charge >= 0.3 is 0 Å². The molecule has 3 nitrogen and oxygen atoms in total. The summed E-state index contributed by atoms with van der Waals surface area (Å²) in [7, 11) is 0. The molecule has 0 saturated carbocycles. The Labute approximate surface area is 106 Å². The topological polar surface area (TPSA) is 52.3 Å². The number of halogens is 1. The lowest BCUT2D eigenvalue weighted by Gasteiger charge is -2.35. The third-order valence-electron chi connectivity index (χ3n) is 3.76. The minimum atomic E-state index is -0.541. The number of aryl methyl sites for hydroxylation is 1. The summed E-state index contributed by atoms with van der Waals surface area (Å²) >= 11 is 0. The Morgan fingerprint density at radius 2 is 2.11 bits per heavy atom. The number of Topliss-reactive ketones (excluding diaryl/α,β-unsaturated/α-hetero) is 1. The number of ether oxygens (including phenoxy) is 1. The van der Waals surface area contributed by atoms with Crippen molar-refractivity contribution in [2.75, 3.05) is 19.8 Å². The number of nitrogens with two attached hydrogens (primary N) is 1. The molecular weight excluding hydrogens is 233 g/mol. The number of ketones is 1. The maximum atomic E-state index is 13.1. The summed E-state index contributed by atoms with van der Waals surface area (Å²) in [5, 5.41) is 0. The minimum Gasteiger partial charge on any atom is -0.381 e. The fraction of sp³-hybridized carbons (Fsp3) is 0.500. The summed E-state index contributed by atoms with van der Waals surface area (Å²) in [5.74, 6) is -0.302. The SMILES string of the molecule is Cc1cc(F)ccc1C(=O)C1(CN)CCOCC1. The largest absolute Gasteiger partial charge is 0.381 e. The van der Waals surface area contributed by atoms with Gasteiger partial charge in [0, 0.05) is 25.3 Å². The van der Waals surface area contributed by atoms with Gasteiger partial charge in [0.1, 0.15) is 5.82 Å². The van der Waals surface area contributed by atoms with E-state index in [0.29, 0.717) is 43.7 Å². The molecule has 0 radical (unpaired) electrons. The van der Waals surface area contributed by atoms with Gasteiger partial charge in [0.05, 0.1) is 5.41 Å². The van der Waals surface area contributed by atoms with Crippen molar-refractivity contribution in [3.05, 3.63) is 35.1 Å². The van der Waals surface area contributed by atoms with Crippen molar-refractivity contribution in [3.8, 4) is 0 Å². The van der Waals surface area contributed by atoms with Gasteiger partial charge in [-0.05, 0) is 43.5 Å². The Hall–Kier alpha value is -1.26. The van der Waals surface area contributed by atoms with Crippen LogP contribution in [0.3, 0.4) is 0 Å². The lowest BCUT2D eigenvalue weighted by atomic mass is 9.73. The van der Waals surface area contributed by atoms with E-state index in [2.05, 4.69) is 0 Å². The van der Waals surface area contributed by atoms with E-state index < -0.39 is 5.41 Å². The molecule has 1 saturated heterocycles. The van der Waals surface area contributed by atoms with E-state index >= 15 is 0 Å². The van der Waals surface area contributed by atoms with Crippen molar-refractivity contribution in [1.82, 2.24) is 0 Å². The zero-order chi connectivity index (χ0) is 13.2. The Morgan fingerprint density at radius 3 is 2.67 bits per heavy atom. The van der Waals surface area contributed by atoms with E-state index in [1.54, 1.807) is 13.0 Å². The summed E-state index contributed by atoms with van der Waals surface area (Å²) in [4.78, 5) is 12.6. The van der Waals surface area contributed by atoms with Crippen LogP contribution in [0.1, 0.15) is 28.8 Å². The molecule has 1 aromatic carbocycles. The molecule has 98 valence electrons. The molecule has 0 aliphatic carbocycles. The maximum absolute atomic E-state index is 13.1. The average Bonchev–Trinajstić information content (AvgIpc) is 2.39. The quantitative estimate of drug-likeness (QED) is 0.837. The van der Waals surface area contributed by atoms with E-state index in [1.165, 1.54) is 12.1 Å². The van der Waals surface area contributed by atoms with Gasteiger partial charge in [-0.1, -0.05) is 0 Å². The second-order valence-corrected chi connectivity index (χ2v) is 4.89. The van der Waals surface area contributed by atoms with Crippen molar-refractivity contribution >= 4 is 5.78 Å². The van der Waals surface area contributed by atoms with Crippen LogP contribution in [0.4, 0.5) is 4.39 Å².